The van der Waals surface area contributed by atoms with E-state index in [9.17, 15) is 0 Å². The highest BCUT2D eigenvalue weighted by atomic mass is 16.5. The van der Waals surface area contributed by atoms with Crippen LogP contribution in [0.3, 0.4) is 0 Å². The van der Waals surface area contributed by atoms with Gasteiger partial charge in [-0.3, -0.25) is 4.90 Å². The quantitative estimate of drug-likeness (QED) is 0.153. The van der Waals surface area contributed by atoms with E-state index in [-0.39, 0.29) is 12.1 Å². The number of nitrogens with zero attached hydrogens (tertiary/aromatic N) is 1. The number of benzene rings is 2. The average molecular weight is 727 g/mol. The van der Waals surface area contributed by atoms with E-state index in [1.807, 2.05) is 13.8 Å². The first-order valence-electron chi connectivity index (χ1n) is 19.9. The summed E-state index contributed by atoms with van der Waals surface area (Å²) in [5.41, 5.74) is 8.49. The van der Waals surface area contributed by atoms with Gasteiger partial charge in [-0.25, -0.2) is 0 Å². The molecule has 0 amide bonds. The van der Waals surface area contributed by atoms with E-state index in [1.165, 1.54) is 46.3 Å². The van der Waals surface area contributed by atoms with E-state index in [4.69, 9.17) is 23.7 Å². The van der Waals surface area contributed by atoms with Crippen molar-refractivity contribution in [2.75, 3.05) is 54.7 Å². The summed E-state index contributed by atoms with van der Waals surface area (Å²) < 4.78 is 29.5. The van der Waals surface area contributed by atoms with Crippen molar-refractivity contribution in [3.05, 3.63) is 100 Å². The Balaban J connectivity index is 0.00000308. The zero-order valence-electron chi connectivity index (χ0n) is 34.1. The predicted molar refractivity (Wildman–Crippen MR) is 221 cm³/mol. The maximum absolute atomic E-state index is 6.59. The topological polar surface area (TPSA) is 61.4 Å². The van der Waals surface area contributed by atoms with Gasteiger partial charge < -0.3 is 29.0 Å². The van der Waals surface area contributed by atoms with Crippen LogP contribution in [-0.2, 0) is 11.2 Å². The van der Waals surface area contributed by atoms with Crippen LogP contribution in [0.25, 0.3) is 5.57 Å². The lowest BCUT2D eigenvalue weighted by atomic mass is 9.96. The molecular formula is C46H66N2O5. The molecule has 1 saturated carbocycles. The minimum atomic E-state index is 0.105. The van der Waals surface area contributed by atoms with E-state index in [0.29, 0.717) is 12.5 Å². The molecule has 5 rings (SSSR count). The van der Waals surface area contributed by atoms with E-state index in [1.54, 1.807) is 28.4 Å². The number of nitrogens with one attached hydrogen (secondary N) is 1. The standard InChI is InChI=1S/C44H60N2O5.C2H6/c1-8-10-11-12-14-33(23-31(3)36-25-35(13-9-2)43(49-6)41(27-36)47-4)30-51-38-18-21-46(22-19-38)29-32-17-20-45-40(24-32)37-26-39(34-15-16-34)44(50-7)42(28-37)48-5;1-2/h11-12,14,17,20,23-28,34,38,40,45H,8-10,13,15-16,18-19,21-22,29-30H2,1-7H3;1-2H3/b12-11-,31-23+,33-14+;. The van der Waals surface area contributed by atoms with Crippen LogP contribution in [0.1, 0.15) is 114 Å². The number of allylic oxidation sites excluding steroid dienone is 4. The van der Waals surface area contributed by atoms with Crippen molar-refractivity contribution < 1.29 is 23.7 Å². The molecule has 0 bridgehead atoms. The molecule has 0 aromatic heterocycles. The number of aryl methyl sites for hydroxylation is 1. The van der Waals surface area contributed by atoms with E-state index < -0.39 is 0 Å². The van der Waals surface area contributed by atoms with Crippen molar-refractivity contribution in [3.8, 4) is 23.0 Å². The molecule has 1 atom stereocenters. The van der Waals surface area contributed by atoms with Gasteiger partial charge in [0.05, 0.1) is 47.2 Å². The number of methoxy groups -OCH3 is 4. The largest absolute Gasteiger partial charge is 0.493 e. The second-order valence-electron chi connectivity index (χ2n) is 14.0. The fraction of sp³-hybridized carbons (Fsp3) is 0.522. The highest BCUT2D eigenvalue weighted by Gasteiger charge is 2.30. The zero-order chi connectivity index (χ0) is 38.2. The smallest absolute Gasteiger partial charge is 0.164 e. The molecule has 0 spiro atoms. The average Bonchev–Trinajstić information content (AvgIpc) is 4.05. The Labute approximate surface area is 320 Å². The normalized spacial score (nSPS) is 18.3. The van der Waals surface area contributed by atoms with Crippen molar-refractivity contribution in [3.63, 3.8) is 0 Å². The summed E-state index contributed by atoms with van der Waals surface area (Å²) >= 11 is 0. The van der Waals surface area contributed by atoms with E-state index in [2.05, 4.69) is 97.9 Å². The van der Waals surface area contributed by atoms with Crippen LogP contribution >= 0.6 is 0 Å². The summed E-state index contributed by atoms with van der Waals surface area (Å²) in [5.74, 6) is 3.87. The molecule has 2 aromatic rings. The zero-order valence-corrected chi connectivity index (χ0v) is 34.1. The number of ether oxygens (including phenoxy) is 5. The van der Waals surface area contributed by atoms with Gasteiger partial charge >= 0.3 is 0 Å². The molecule has 1 aliphatic carbocycles. The number of likely N-dealkylation sites (tertiary alicyclic amines) is 1. The number of unbranched alkanes of at least 4 members (excludes halogenated alkanes) is 1. The second-order valence-corrected chi connectivity index (χ2v) is 14.0. The first-order valence-corrected chi connectivity index (χ1v) is 19.9. The van der Waals surface area contributed by atoms with Crippen LogP contribution in [0.5, 0.6) is 23.0 Å². The third kappa shape index (κ3) is 11.8. The third-order valence-electron chi connectivity index (χ3n) is 10.1. The first kappa shape index (κ1) is 41.8. The number of piperidine rings is 1. The Kier molecular flexibility index (Phi) is 17.1. The van der Waals surface area contributed by atoms with Gasteiger partial charge in [0.2, 0.25) is 0 Å². The Morgan fingerprint density at radius 3 is 2.23 bits per heavy atom. The fourth-order valence-electron chi connectivity index (χ4n) is 7.15. The van der Waals surface area contributed by atoms with Crippen molar-refractivity contribution in [1.82, 2.24) is 10.2 Å². The minimum Gasteiger partial charge on any atom is -0.493 e. The molecule has 290 valence electrons. The van der Waals surface area contributed by atoms with Crippen LogP contribution in [-0.4, -0.2) is 65.7 Å². The van der Waals surface area contributed by atoms with Gasteiger partial charge in [0.15, 0.2) is 23.0 Å². The van der Waals surface area contributed by atoms with Crippen LogP contribution in [0.4, 0.5) is 0 Å². The molecule has 3 aliphatic rings. The van der Waals surface area contributed by atoms with Crippen molar-refractivity contribution >= 4 is 5.57 Å². The van der Waals surface area contributed by atoms with E-state index in [0.717, 1.165) is 86.7 Å². The molecule has 7 heteroatoms. The summed E-state index contributed by atoms with van der Waals surface area (Å²) in [6.07, 6.45) is 24.5. The number of dihydropyridines is 1. The van der Waals surface area contributed by atoms with E-state index >= 15 is 0 Å². The number of rotatable bonds is 18. The van der Waals surface area contributed by atoms with Crippen molar-refractivity contribution in [2.45, 2.75) is 104 Å². The summed E-state index contributed by atoms with van der Waals surface area (Å²) in [6, 6.07) is 8.86. The van der Waals surface area contributed by atoms with Crippen molar-refractivity contribution in [2.24, 2.45) is 0 Å². The van der Waals surface area contributed by atoms with Gasteiger partial charge in [-0.15, -0.1) is 0 Å². The van der Waals surface area contributed by atoms with Crippen LogP contribution < -0.4 is 24.3 Å². The Hall–Kier alpha value is -3.94. The lowest BCUT2D eigenvalue weighted by molar-refractivity contribution is 0.0221. The maximum Gasteiger partial charge on any atom is 0.164 e. The van der Waals surface area contributed by atoms with Crippen LogP contribution in [0, 0.1) is 0 Å². The molecule has 2 fully saturated rings. The predicted octanol–water partition coefficient (Wildman–Crippen LogP) is 10.5. The fourth-order valence-corrected chi connectivity index (χ4v) is 7.15. The molecule has 2 heterocycles. The molecule has 53 heavy (non-hydrogen) atoms. The van der Waals surface area contributed by atoms with Gasteiger partial charge in [0, 0.05) is 25.2 Å². The van der Waals surface area contributed by atoms with Gasteiger partial charge in [-0.1, -0.05) is 70.9 Å². The Bertz CT molecular complexity index is 1610. The third-order valence-corrected chi connectivity index (χ3v) is 10.1. The summed E-state index contributed by atoms with van der Waals surface area (Å²) in [7, 11) is 6.89. The highest BCUT2D eigenvalue weighted by Crippen LogP contribution is 2.48. The van der Waals surface area contributed by atoms with Crippen LogP contribution in [0.15, 0.2) is 78.1 Å². The SMILES string of the molecule is CC.CCC\C=C/C=C(\C=C(/C)c1cc(CCC)c(OC)c(OC)c1)COC1CCN(CC2=CC(c3cc(OC)c(OC)c(C4CC4)c3)NC=C2)CC1. The van der Waals surface area contributed by atoms with Gasteiger partial charge in [0.1, 0.15) is 0 Å². The van der Waals surface area contributed by atoms with Crippen LogP contribution in [0.2, 0.25) is 0 Å². The lowest BCUT2D eigenvalue weighted by Crippen LogP contribution is -2.38. The van der Waals surface area contributed by atoms with Gasteiger partial charge in [0.25, 0.3) is 0 Å². The molecule has 1 N–H and O–H groups in total. The highest BCUT2D eigenvalue weighted by molar-refractivity contribution is 5.70. The number of hydrogen-bond acceptors (Lipinski definition) is 7. The second kappa shape index (κ2) is 21.7. The summed E-state index contributed by atoms with van der Waals surface area (Å²) in [5, 5.41) is 3.56. The first-order chi connectivity index (χ1) is 25.9. The lowest BCUT2D eigenvalue weighted by Gasteiger charge is -2.33. The molecule has 1 unspecified atom stereocenters. The van der Waals surface area contributed by atoms with Gasteiger partial charge in [-0.2, -0.15) is 0 Å². The molecule has 0 radical (unpaired) electrons. The van der Waals surface area contributed by atoms with Crippen molar-refractivity contribution in [1.29, 1.82) is 0 Å². The molecular weight excluding hydrogens is 661 g/mol. The Morgan fingerprint density at radius 2 is 1.58 bits per heavy atom. The Morgan fingerprint density at radius 1 is 0.868 bits per heavy atom. The minimum absolute atomic E-state index is 0.105. The molecule has 2 aliphatic heterocycles. The van der Waals surface area contributed by atoms with Gasteiger partial charge in [-0.05, 0) is 121 Å². The summed E-state index contributed by atoms with van der Waals surface area (Å²) in [4.78, 5) is 2.56. The molecule has 7 nitrogen and oxygen atoms in total. The molecule has 1 saturated heterocycles. The maximum atomic E-state index is 6.59. The number of hydrogen-bond donors (Lipinski definition) is 1. The summed E-state index contributed by atoms with van der Waals surface area (Å²) in [6.45, 7) is 14.1. The molecule has 2 aromatic carbocycles. The monoisotopic (exact) mass is 726 g/mol.